The molecule has 0 saturated heterocycles. The molecule has 0 spiro atoms. The Balaban J connectivity index is 1.71. The van der Waals surface area contributed by atoms with Crippen molar-refractivity contribution in [1.82, 2.24) is 0 Å². The number of allylic oxidation sites excluding steroid dienone is 2. The van der Waals surface area contributed by atoms with Crippen molar-refractivity contribution >= 4 is 0 Å². The van der Waals surface area contributed by atoms with Crippen molar-refractivity contribution in [2.24, 2.45) is 17.8 Å². The van der Waals surface area contributed by atoms with Gasteiger partial charge in [0.2, 0.25) is 0 Å². The van der Waals surface area contributed by atoms with Gasteiger partial charge in [0.25, 0.3) is 0 Å². The molecule has 0 bridgehead atoms. The summed E-state index contributed by atoms with van der Waals surface area (Å²) in [5.74, 6) is 2.49. The van der Waals surface area contributed by atoms with Gasteiger partial charge in [-0.1, -0.05) is 106 Å². The van der Waals surface area contributed by atoms with Gasteiger partial charge in [-0.25, -0.2) is 0 Å². The molecular formula is C30H44. The molecule has 0 amide bonds. The molecule has 2 aromatic rings. The third-order valence-electron chi connectivity index (χ3n) is 6.54. The minimum Gasteiger partial charge on any atom is -0.0888 e. The molecule has 0 radical (unpaired) electrons. The van der Waals surface area contributed by atoms with Gasteiger partial charge < -0.3 is 0 Å². The van der Waals surface area contributed by atoms with E-state index in [0.717, 1.165) is 24.2 Å². The van der Waals surface area contributed by atoms with E-state index in [4.69, 9.17) is 0 Å². The lowest BCUT2D eigenvalue weighted by molar-refractivity contribution is 0.344. The summed E-state index contributed by atoms with van der Waals surface area (Å²) in [7, 11) is 0. The Morgan fingerprint density at radius 1 is 0.600 bits per heavy atom. The van der Waals surface area contributed by atoms with Crippen molar-refractivity contribution in [3.05, 3.63) is 83.9 Å². The Kier molecular flexibility index (Phi) is 12.3. The number of hydrogen-bond acceptors (Lipinski definition) is 0. The lowest BCUT2D eigenvalue weighted by Gasteiger charge is -2.20. The molecule has 2 atom stereocenters. The molecule has 2 aromatic carbocycles. The van der Waals surface area contributed by atoms with Gasteiger partial charge in [-0.2, -0.15) is 0 Å². The lowest BCUT2D eigenvalue weighted by atomic mass is 9.85. The van der Waals surface area contributed by atoms with Crippen LogP contribution in [-0.2, 0) is 12.8 Å². The fourth-order valence-electron chi connectivity index (χ4n) is 4.28. The van der Waals surface area contributed by atoms with E-state index in [1.165, 1.54) is 68.9 Å². The van der Waals surface area contributed by atoms with Gasteiger partial charge in [0.05, 0.1) is 0 Å². The summed E-state index contributed by atoms with van der Waals surface area (Å²) in [5.41, 5.74) is 2.97. The summed E-state index contributed by atoms with van der Waals surface area (Å²) in [5, 5.41) is 0. The van der Waals surface area contributed by atoms with Crippen molar-refractivity contribution in [2.45, 2.75) is 85.0 Å². The van der Waals surface area contributed by atoms with Gasteiger partial charge in [0.15, 0.2) is 0 Å². The first kappa shape index (κ1) is 24.4. The van der Waals surface area contributed by atoms with Gasteiger partial charge in [-0.05, 0) is 80.2 Å². The minimum atomic E-state index is 0.818. The first-order valence-electron chi connectivity index (χ1n) is 12.4. The van der Waals surface area contributed by atoms with Crippen LogP contribution >= 0.6 is 0 Å². The first-order chi connectivity index (χ1) is 14.7. The Bertz CT molecular complexity index is 616. The van der Waals surface area contributed by atoms with E-state index in [0.29, 0.717) is 0 Å². The van der Waals surface area contributed by atoms with Crippen LogP contribution in [-0.4, -0.2) is 0 Å². The SMILES string of the molecule is CC/C=C\CC(CCC(C)CCc1ccccc1)CCC(C)CCc1ccccc1. The molecule has 0 aliphatic heterocycles. The zero-order chi connectivity index (χ0) is 21.4. The molecular weight excluding hydrogens is 360 g/mol. The fraction of sp³-hybridized carbons (Fsp3) is 0.533. The molecule has 0 aliphatic rings. The number of rotatable bonds is 15. The van der Waals surface area contributed by atoms with Crippen LogP contribution in [0.15, 0.2) is 72.8 Å². The largest absolute Gasteiger partial charge is 0.0888 e. The van der Waals surface area contributed by atoms with E-state index in [-0.39, 0.29) is 0 Å². The van der Waals surface area contributed by atoms with Crippen molar-refractivity contribution in [3.8, 4) is 0 Å². The van der Waals surface area contributed by atoms with Crippen molar-refractivity contribution in [2.75, 3.05) is 0 Å². The van der Waals surface area contributed by atoms with Crippen LogP contribution in [0.5, 0.6) is 0 Å². The molecule has 0 heteroatoms. The molecule has 2 unspecified atom stereocenters. The molecule has 2 rings (SSSR count). The molecule has 0 saturated carbocycles. The Labute approximate surface area is 186 Å². The van der Waals surface area contributed by atoms with Crippen molar-refractivity contribution < 1.29 is 0 Å². The predicted molar refractivity (Wildman–Crippen MR) is 134 cm³/mol. The first-order valence-corrected chi connectivity index (χ1v) is 12.4. The second-order valence-corrected chi connectivity index (χ2v) is 9.39. The molecule has 30 heavy (non-hydrogen) atoms. The monoisotopic (exact) mass is 404 g/mol. The van der Waals surface area contributed by atoms with Crippen LogP contribution in [0, 0.1) is 17.8 Å². The predicted octanol–water partition coefficient (Wildman–Crippen LogP) is 9.06. The topological polar surface area (TPSA) is 0 Å². The third-order valence-corrected chi connectivity index (χ3v) is 6.54. The zero-order valence-corrected chi connectivity index (χ0v) is 19.7. The Morgan fingerprint density at radius 2 is 1.07 bits per heavy atom. The van der Waals surface area contributed by atoms with E-state index in [9.17, 15) is 0 Å². The lowest BCUT2D eigenvalue weighted by Crippen LogP contribution is -2.07. The highest BCUT2D eigenvalue weighted by molar-refractivity contribution is 5.15. The average Bonchev–Trinajstić information content (AvgIpc) is 2.79. The Morgan fingerprint density at radius 3 is 1.50 bits per heavy atom. The van der Waals surface area contributed by atoms with Crippen LogP contribution in [0.3, 0.4) is 0 Å². The summed E-state index contributed by atoms with van der Waals surface area (Å²) in [6.45, 7) is 7.14. The fourth-order valence-corrected chi connectivity index (χ4v) is 4.28. The van der Waals surface area contributed by atoms with Gasteiger partial charge in [0.1, 0.15) is 0 Å². The Hall–Kier alpha value is -1.82. The maximum absolute atomic E-state index is 2.45. The summed E-state index contributed by atoms with van der Waals surface area (Å²) >= 11 is 0. The van der Waals surface area contributed by atoms with E-state index in [2.05, 4.69) is 93.6 Å². The third kappa shape index (κ3) is 10.8. The molecule has 0 fully saturated rings. The van der Waals surface area contributed by atoms with Gasteiger partial charge in [-0.3, -0.25) is 0 Å². The average molecular weight is 405 g/mol. The quantitative estimate of drug-likeness (QED) is 0.260. The summed E-state index contributed by atoms with van der Waals surface area (Å²) < 4.78 is 0. The van der Waals surface area contributed by atoms with E-state index in [1.54, 1.807) is 0 Å². The van der Waals surface area contributed by atoms with E-state index >= 15 is 0 Å². The van der Waals surface area contributed by atoms with Crippen LogP contribution in [0.4, 0.5) is 0 Å². The van der Waals surface area contributed by atoms with Crippen LogP contribution in [0.25, 0.3) is 0 Å². The standard InChI is InChI=1S/C30H44/c1-4-5-8-13-30(24-20-26(2)18-22-28-14-9-6-10-15-28)25-21-27(3)19-23-29-16-11-7-12-17-29/h5-12,14-17,26-27,30H,4,13,18-25H2,1-3H3/b8-5-. The van der Waals surface area contributed by atoms with Gasteiger partial charge in [0, 0.05) is 0 Å². The van der Waals surface area contributed by atoms with Crippen LogP contribution in [0.1, 0.15) is 83.3 Å². The minimum absolute atomic E-state index is 0.818. The number of benzene rings is 2. The molecule has 0 heterocycles. The smallest absolute Gasteiger partial charge is 0.0276 e. The molecule has 0 N–H and O–H groups in total. The van der Waals surface area contributed by atoms with Crippen molar-refractivity contribution in [1.29, 1.82) is 0 Å². The molecule has 0 aromatic heterocycles. The maximum Gasteiger partial charge on any atom is -0.0276 e. The second-order valence-electron chi connectivity index (χ2n) is 9.39. The number of hydrogen-bond donors (Lipinski definition) is 0. The summed E-state index contributed by atoms with van der Waals surface area (Å²) in [6.07, 6.45) is 17.8. The highest BCUT2D eigenvalue weighted by Gasteiger charge is 2.13. The van der Waals surface area contributed by atoms with Crippen LogP contribution in [0.2, 0.25) is 0 Å². The van der Waals surface area contributed by atoms with Gasteiger partial charge in [-0.15, -0.1) is 0 Å². The molecule has 0 nitrogen and oxygen atoms in total. The number of aryl methyl sites for hydroxylation is 2. The van der Waals surface area contributed by atoms with Crippen LogP contribution < -0.4 is 0 Å². The molecule has 0 aliphatic carbocycles. The second kappa shape index (κ2) is 15.1. The molecule has 164 valence electrons. The van der Waals surface area contributed by atoms with E-state index < -0.39 is 0 Å². The zero-order valence-electron chi connectivity index (χ0n) is 19.7. The highest BCUT2D eigenvalue weighted by Crippen LogP contribution is 2.26. The van der Waals surface area contributed by atoms with Gasteiger partial charge >= 0.3 is 0 Å². The van der Waals surface area contributed by atoms with E-state index in [1.807, 2.05) is 0 Å². The summed E-state index contributed by atoms with van der Waals surface area (Å²) in [6, 6.07) is 21.9. The normalized spacial score (nSPS) is 14.6. The van der Waals surface area contributed by atoms with Crippen molar-refractivity contribution in [3.63, 3.8) is 0 Å². The summed E-state index contributed by atoms with van der Waals surface area (Å²) in [4.78, 5) is 0. The highest BCUT2D eigenvalue weighted by atomic mass is 14.2. The maximum atomic E-state index is 2.45.